The van der Waals surface area contributed by atoms with E-state index in [1.54, 1.807) is 12.1 Å². The SMILES string of the molecule is O=[N+]([O-])c1cc(OCc2ccccc2)ccc1NCC(O)CCl. The lowest BCUT2D eigenvalue weighted by Crippen LogP contribution is -2.21. The van der Waals surface area contributed by atoms with Crippen LogP contribution in [0.25, 0.3) is 0 Å². The maximum Gasteiger partial charge on any atom is 0.296 e. The molecule has 0 amide bonds. The number of nitrogens with zero attached hydrogens (tertiary/aromatic N) is 1. The van der Waals surface area contributed by atoms with Crippen LogP contribution in [0.3, 0.4) is 0 Å². The topological polar surface area (TPSA) is 84.6 Å². The molecule has 0 bridgehead atoms. The van der Waals surface area contributed by atoms with Gasteiger partial charge in [-0.3, -0.25) is 10.1 Å². The second kappa shape index (κ2) is 8.36. The first-order valence-electron chi connectivity index (χ1n) is 7.03. The first kappa shape index (κ1) is 17.1. The molecule has 122 valence electrons. The summed E-state index contributed by atoms with van der Waals surface area (Å²) in [6.07, 6.45) is -0.773. The van der Waals surface area contributed by atoms with Gasteiger partial charge in [0.1, 0.15) is 18.0 Å². The Balaban J connectivity index is 2.07. The summed E-state index contributed by atoms with van der Waals surface area (Å²) in [5.74, 6) is 0.461. The van der Waals surface area contributed by atoms with E-state index in [-0.39, 0.29) is 18.1 Å². The van der Waals surface area contributed by atoms with Gasteiger partial charge in [-0.15, -0.1) is 11.6 Å². The standard InChI is InChI=1S/C16H17ClN2O4/c17-9-13(20)10-18-15-7-6-14(8-16(15)19(21)22)23-11-12-4-2-1-3-5-12/h1-8,13,18,20H,9-11H2. The molecule has 2 aromatic carbocycles. The van der Waals surface area contributed by atoms with Crippen LogP contribution in [0, 0.1) is 10.1 Å². The van der Waals surface area contributed by atoms with E-state index in [1.807, 2.05) is 30.3 Å². The molecule has 0 fully saturated rings. The first-order valence-corrected chi connectivity index (χ1v) is 7.56. The molecule has 23 heavy (non-hydrogen) atoms. The van der Waals surface area contributed by atoms with Crippen molar-refractivity contribution in [2.24, 2.45) is 0 Å². The zero-order valence-corrected chi connectivity index (χ0v) is 13.1. The van der Waals surface area contributed by atoms with Gasteiger partial charge in [-0.05, 0) is 17.7 Å². The van der Waals surface area contributed by atoms with Crippen molar-refractivity contribution in [2.45, 2.75) is 12.7 Å². The number of halogens is 1. The van der Waals surface area contributed by atoms with Crippen molar-refractivity contribution in [3.63, 3.8) is 0 Å². The van der Waals surface area contributed by atoms with Crippen molar-refractivity contribution in [1.29, 1.82) is 0 Å². The van der Waals surface area contributed by atoms with Gasteiger partial charge in [0, 0.05) is 6.54 Å². The Hall–Kier alpha value is -2.31. The van der Waals surface area contributed by atoms with E-state index < -0.39 is 11.0 Å². The molecule has 0 aliphatic rings. The van der Waals surface area contributed by atoms with E-state index in [2.05, 4.69) is 5.32 Å². The molecule has 0 radical (unpaired) electrons. The number of anilines is 1. The Bertz CT molecular complexity index is 652. The molecule has 2 rings (SSSR count). The Morgan fingerprint density at radius 1 is 1.26 bits per heavy atom. The monoisotopic (exact) mass is 336 g/mol. The number of benzene rings is 2. The van der Waals surface area contributed by atoms with Crippen LogP contribution in [-0.2, 0) is 6.61 Å². The summed E-state index contributed by atoms with van der Waals surface area (Å²) < 4.78 is 5.58. The fourth-order valence-electron chi connectivity index (χ4n) is 1.93. The number of ether oxygens (including phenoxy) is 1. The lowest BCUT2D eigenvalue weighted by Gasteiger charge is -2.12. The zero-order valence-electron chi connectivity index (χ0n) is 12.3. The molecule has 0 aliphatic heterocycles. The van der Waals surface area contributed by atoms with Gasteiger partial charge in [-0.2, -0.15) is 0 Å². The van der Waals surface area contributed by atoms with Crippen molar-refractivity contribution < 1.29 is 14.8 Å². The summed E-state index contributed by atoms with van der Waals surface area (Å²) in [5, 5.41) is 23.4. The predicted octanol–water partition coefficient (Wildman–Crippen LogP) is 3.19. The molecule has 1 unspecified atom stereocenters. The van der Waals surface area contributed by atoms with Crippen LogP contribution in [0.15, 0.2) is 48.5 Å². The van der Waals surface area contributed by atoms with E-state index in [1.165, 1.54) is 6.07 Å². The summed E-state index contributed by atoms with van der Waals surface area (Å²) in [6.45, 7) is 0.463. The normalized spacial score (nSPS) is 11.7. The molecule has 2 N–H and O–H groups in total. The number of hydrogen-bond donors (Lipinski definition) is 2. The van der Waals surface area contributed by atoms with E-state index in [9.17, 15) is 15.2 Å². The first-order chi connectivity index (χ1) is 11.1. The highest BCUT2D eigenvalue weighted by Gasteiger charge is 2.16. The minimum atomic E-state index is -0.773. The number of nitro groups is 1. The molecule has 6 nitrogen and oxygen atoms in total. The van der Waals surface area contributed by atoms with Gasteiger partial charge in [0.15, 0.2) is 0 Å². The minimum Gasteiger partial charge on any atom is -0.489 e. The average molecular weight is 337 g/mol. The molecule has 7 heteroatoms. The summed E-state index contributed by atoms with van der Waals surface area (Å²) in [6, 6.07) is 14.1. The second-order valence-electron chi connectivity index (χ2n) is 4.90. The summed E-state index contributed by atoms with van der Waals surface area (Å²) in [5.41, 5.74) is 1.17. The lowest BCUT2D eigenvalue weighted by atomic mass is 10.2. The van der Waals surface area contributed by atoms with Crippen molar-refractivity contribution >= 4 is 23.0 Å². The fraction of sp³-hybridized carbons (Fsp3) is 0.250. The Labute approximate surface area is 138 Å². The molecular weight excluding hydrogens is 320 g/mol. The molecule has 0 saturated carbocycles. The summed E-state index contributed by atoms with van der Waals surface area (Å²) in [7, 11) is 0. The van der Waals surface area contributed by atoms with Crippen molar-refractivity contribution in [3.8, 4) is 5.75 Å². The third-order valence-corrected chi connectivity index (χ3v) is 3.48. The number of alkyl halides is 1. The summed E-state index contributed by atoms with van der Waals surface area (Å²) >= 11 is 5.50. The van der Waals surface area contributed by atoms with Gasteiger partial charge in [-0.1, -0.05) is 30.3 Å². The average Bonchev–Trinajstić information content (AvgIpc) is 2.58. The lowest BCUT2D eigenvalue weighted by molar-refractivity contribution is -0.384. The van der Waals surface area contributed by atoms with Crippen LogP contribution in [0.1, 0.15) is 5.56 Å². The molecule has 0 saturated heterocycles. The third kappa shape index (κ3) is 5.12. The quantitative estimate of drug-likeness (QED) is 0.439. The predicted molar refractivity (Wildman–Crippen MR) is 89.1 cm³/mol. The molecule has 0 aliphatic carbocycles. The van der Waals surface area contributed by atoms with Gasteiger partial charge in [0.25, 0.3) is 5.69 Å². The number of rotatable bonds is 8. The van der Waals surface area contributed by atoms with Crippen LogP contribution in [-0.4, -0.2) is 28.6 Å². The number of nitrogens with one attached hydrogen (secondary N) is 1. The van der Waals surface area contributed by atoms with Crippen molar-refractivity contribution in [3.05, 3.63) is 64.2 Å². The maximum atomic E-state index is 11.2. The van der Waals surface area contributed by atoms with Crippen LogP contribution in [0.4, 0.5) is 11.4 Å². The number of nitro benzene ring substituents is 1. The Kier molecular flexibility index (Phi) is 6.19. The smallest absolute Gasteiger partial charge is 0.296 e. The van der Waals surface area contributed by atoms with Gasteiger partial charge >= 0.3 is 0 Å². The molecular formula is C16H17ClN2O4. The molecule has 0 aromatic heterocycles. The van der Waals surface area contributed by atoms with Crippen LogP contribution >= 0.6 is 11.6 Å². The molecule has 0 heterocycles. The highest BCUT2D eigenvalue weighted by molar-refractivity contribution is 6.18. The second-order valence-corrected chi connectivity index (χ2v) is 5.21. The van der Waals surface area contributed by atoms with Gasteiger partial charge < -0.3 is 15.2 Å². The van der Waals surface area contributed by atoms with Crippen molar-refractivity contribution in [2.75, 3.05) is 17.7 Å². The molecule has 1 atom stereocenters. The maximum absolute atomic E-state index is 11.2. The van der Waals surface area contributed by atoms with Gasteiger partial charge in [-0.25, -0.2) is 0 Å². The van der Waals surface area contributed by atoms with Crippen LogP contribution in [0.2, 0.25) is 0 Å². The van der Waals surface area contributed by atoms with Gasteiger partial charge in [0.05, 0.1) is 23.0 Å². The largest absolute Gasteiger partial charge is 0.489 e. The van der Waals surface area contributed by atoms with Crippen molar-refractivity contribution in [1.82, 2.24) is 0 Å². The number of aliphatic hydroxyl groups is 1. The summed E-state index contributed by atoms with van der Waals surface area (Å²) in [4.78, 5) is 10.7. The van der Waals surface area contributed by atoms with E-state index in [0.29, 0.717) is 18.0 Å². The Morgan fingerprint density at radius 3 is 2.65 bits per heavy atom. The van der Waals surface area contributed by atoms with E-state index in [4.69, 9.17) is 16.3 Å². The minimum absolute atomic E-state index is 0.0546. The van der Waals surface area contributed by atoms with Gasteiger partial charge in [0.2, 0.25) is 0 Å². The highest BCUT2D eigenvalue weighted by Crippen LogP contribution is 2.29. The molecule has 0 spiro atoms. The molecule has 2 aromatic rings. The van der Waals surface area contributed by atoms with Crippen LogP contribution < -0.4 is 10.1 Å². The third-order valence-electron chi connectivity index (χ3n) is 3.12. The number of aliphatic hydroxyl groups excluding tert-OH is 1. The highest BCUT2D eigenvalue weighted by atomic mass is 35.5. The fourth-order valence-corrected chi connectivity index (χ4v) is 2.03. The number of hydrogen-bond acceptors (Lipinski definition) is 5. The zero-order chi connectivity index (χ0) is 16.7. The Morgan fingerprint density at radius 2 is 2.00 bits per heavy atom. The van der Waals surface area contributed by atoms with E-state index >= 15 is 0 Å². The van der Waals surface area contributed by atoms with E-state index in [0.717, 1.165) is 5.56 Å². The van der Waals surface area contributed by atoms with Crippen LogP contribution in [0.5, 0.6) is 5.75 Å².